The van der Waals surface area contributed by atoms with Crippen LogP contribution in [0.5, 0.6) is 5.75 Å². The molecule has 1 saturated carbocycles. The Bertz CT molecular complexity index is 707. The van der Waals surface area contributed by atoms with Crippen molar-refractivity contribution < 1.29 is 14.3 Å². The molecule has 3 rings (SSSR count). The van der Waals surface area contributed by atoms with E-state index in [0.29, 0.717) is 23.5 Å². The maximum Gasteiger partial charge on any atom is 0.139 e. The van der Waals surface area contributed by atoms with Crippen molar-refractivity contribution >= 4 is 6.21 Å². The smallest absolute Gasteiger partial charge is 0.139 e. The number of nitrogens with zero attached hydrogens (tertiary/aromatic N) is 1. The highest BCUT2D eigenvalue weighted by atomic mass is 19.1. The number of oxime groups is 1. The van der Waals surface area contributed by atoms with E-state index >= 15 is 4.39 Å². The average molecular weight is 341 g/mol. The van der Waals surface area contributed by atoms with Crippen molar-refractivity contribution in [2.75, 3.05) is 0 Å². The van der Waals surface area contributed by atoms with Crippen LogP contribution in [0.15, 0.2) is 47.6 Å². The summed E-state index contributed by atoms with van der Waals surface area (Å²) in [5.74, 6) is 0.430. The molecular formula is C21H24FNO2. The van der Waals surface area contributed by atoms with Gasteiger partial charge in [0.25, 0.3) is 0 Å². The first-order valence-electron chi connectivity index (χ1n) is 8.96. The van der Waals surface area contributed by atoms with Crippen LogP contribution in [0.25, 0.3) is 0 Å². The van der Waals surface area contributed by atoms with E-state index in [9.17, 15) is 0 Å². The van der Waals surface area contributed by atoms with Gasteiger partial charge in [0, 0.05) is 11.1 Å². The number of hydrogen-bond acceptors (Lipinski definition) is 3. The topological polar surface area (TPSA) is 41.8 Å². The van der Waals surface area contributed by atoms with Crippen molar-refractivity contribution in [3.8, 4) is 5.75 Å². The van der Waals surface area contributed by atoms with Crippen molar-refractivity contribution in [2.45, 2.75) is 51.0 Å². The summed E-state index contributed by atoms with van der Waals surface area (Å²) < 4.78 is 21.1. The van der Waals surface area contributed by atoms with Gasteiger partial charge in [-0.15, -0.1) is 0 Å². The van der Waals surface area contributed by atoms with Gasteiger partial charge in [-0.05, 0) is 36.5 Å². The van der Waals surface area contributed by atoms with Gasteiger partial charge in [0.05, 0.1) is 6.21 Å². The standard InChI is InChI=1S/C21H24FNO2/c22-21-18(14-23-24)12-13-19(25-15-16-8-4-3-5-9-16)20(21)17-10-6-1-2-7-11-17/h3-5,8-9,12-14,17,24H,1-2,6-7,10-11,15H2. The summed E-state index contributed by atoms with van der Waals surface area (Å²) in [7, 11) is 0. The van der Waals surface area contributed by atoms with Crippen LogP contribution in [-0.2, 0) is 6.61 Å². The number of benzene rings is 2. The molecule has 0 aliphatic heterocycles. The molecule has 4 heteroatoms. The first kappa shape index (κ1) is 17.5. The van der Waals surface area contributed by atoms with Crippen LogP contribution in [0.3, 0.4) is 0 Å². The average Bonchev–Trinajstić information content (AvgIpc) is 2.92. The van der Waals surface area contributed by atoms with Crippen molar-refractivity contribution in [1.82, 2.24) is 0 Å². The molecule has 0 aromatic heterocycles. The highest BCUT2D eigenvalue weighted by molar-refractivity contribution is 5.80. The molecule has 2 aromatic rings. The Hall–Kier alpha value is -2.36. The maximum absolute atomic E-state index is 15.1. The van der Waals surface area contributed by atoms with Crippen LogP contribution in [-0.4, -0.2) is 11.4 Å². The van der Waals surface area contributed by atoms with Crippen LogP contribution in [0, 0.1) is 5.82 Å². The SMILES string of the molecule is ON=Cc1ccc(OCc2ccccc2)c(C2CCCCCC2)c1F. The van der Waals surface area contributed by atoms with Crippen molar-refractivity contribution in [2.24, 2.45) is 5.16 Å². The lowest BCUT2D eigenvalue weighted by atomic mass is 9.89. The minimum atomic E-state index is -0.324. The minimum absolute atomic E-state index is 0.153. The molecule has 3 nitrogen and oxygen atoms in total. The van der Waals surface area contributed by atoms with E-state index in [0.717, 1.165) is 37.5 Å². The van der Waals surface area contributed by atoms with E-state index in [2.05, 4.69) is 5.16 Å². The van der Waals surface area contributed by atoms with E-state index in [-0.39, 0.29) is 11.7 Å². The first-order valence-corrected chi connectivity index (χ1v) is 8.96. The van der Waals surface area contributed by atoms with Crippen molar-refractivity contribution in [3.63, 3.8) is 0 Å². The number of halogens is 1. The Morgan fingerprint density at radius 3 is 2.44 bits per heavy atom. The summed E-state index contributed by atoms with van der Waals surface area (Å²) in [6.45, 7) is 0.410. The molecule has 25 heavy (non-hydrogen) atoms. The molecular weight excluding hydrogens is 317 g/mol. The van der Waals surface area contributed by atoms with Gasteiger partial charge in [-0.3, -0.25) is 0 Å². The molecule has 1 N–H and O–H groups in total. The third-order valence-corrected chi connectivity index (χ3v) is 4.87. The van der Waals surface area contributed by atoms with Gasteiger partial charge in [0.1, 0.15) is 18.2 Å². The number of ether oxygens (including phenoxy) is 1. The van der Waals surface area contributed by atoms with Gasteiger partial charge >= 0.3 is 0 Å². The Morgan fingerprint density at radius 1 is 1.04 bits per heavy atom. The fraction of sp³-hybridized carbons (Fsp3) is 0.381. The molecule has 1 aliphatic rings. The minimum Gasteiger partial charge on any atom is -0.489 e. The van der Waals surface area contributed by atoms with Gasteiger partial charge in [-0.1, -0.05) is 61.2 Å². The lowest BCUT2D eigenvalue weighted by Gasteiger charge is -2.21. The summed E-state index contributed by atoms with van der Waals surface area (Å²) in [6, 6.07) is 13.3. The van der Waals surface area contributed by atoms with Crippen LogP contribution < -0.4 is 4.74 Å². The highest BCUT2D eigenvalue weighted by Crippen LogP contribution is 2.39. The predicted molar refractivity (Wildman–Crippen MR) is 97.0 cm³/mol. The number of hydrogen-bond donors (Lipinski definition) is 1. The second-order valence-electron chi connectivity index (χ2n) is 6.59. The molecule has 0 amide bonds. The Labute approximate surface area is 148 Å². The van der Waals surface area contributed by atoms with E-state index in [1.54, 1.807) is 12.1 Å². The predicted octanol–water partition coefficient (Wildman–Crippen LogP) is 5.65. The van der Waals surface area contributed by atoms with E-state index < -0.39 is 0 Å². The zero-order valence-corrected chi connectivity index (χ0v) is 14.3. The molecule has 2 aromatic carbocycles. The monoisotopic (exact) mass is 341 g/mol. The second-order valence-corrected chi connectivity index (χ2v) is 6.59. The third kappa shape index (κ3) is 4.38. The third-order valence-electron chi connectivity index (χ3n) is 4.87. The second kappa shape index (κ2) is 8.65. The molecule has 132 valence electrons. The van der Waals surface area contributed by atoms with E-state index in [1.807, 2.05) is 30.3 Å². The van der Waals surface area contributed by atoms with Gasteiger partial charge < -0.3 is 9.94 Å². The van der Waals surface area contributed by atoms with Crippen molar-refractivity contribution in [1.29, 1.82) is 0 Å². The molecule has 0 saturated heterocycles. The molecule has 0 spiro atoms. The summed E-state index contributed by atoms with van der Waals surface area (Å²) in [4.78, 5) is 0. The van der Waals surface area contributed by atoms with E-state index in [4.69, 9.17) is 9.94 Å². The summed E-state index contributed by atoms with van der Waals surface area (Å²) in [6.07, 6.45) is 7.72. The fourth-order valence-electron chi connectivity index (χ4n) is 3.56. The zero-order valence-electron chi connectivity index (χ0n) is 14.3. The zero-order chi connectivity index (χ0) is 17.5. The largest absolute Gasteiger partial charge is 0.489 e. The molecule has 0 heterocycles. The van der Waals surface area contributed by atoms with Crippen LogP contribution in [0.1, 0.15) is 61.1 Å². The van der Waals surface area contributed by atoms with Gasteiger partial charge in [0.15, 0.2) is 0 Å². The highest BCUT2D eigenvalue weighted by Gasteiger charge is 2.24. The van der Waals surface area contributed by atoms with Crippen LogP contribution >= 0.6 is 0 Å². The molecule has 0 radical (unpaired) electrons. The molecule has 1 aliphatic carbocycles. The number of rotatable bonds is 5. The quantitative estimate of drug-likeness (QED) is 0.330. The lowest BCUT2D eigenvalue weighted by molar-refractivity contribution is 0.296. The molecule has 0 bridgehead atoms. The van der Waals surface area contributed by atoms with Crippen LogP contribution in [0.4, 0.5) is 4.39 Å². The van der Waals surface area contributed by atoms with Gasteiger partial charge in [0.2, 0.25) is 0 Å². The Morgan fingerprint density at radius 2 is 1.76 bits per heavy atom. The van der Waals surface area contributed by atoms with Crippen molar-refractivity contribution in [3.05, 3.63) is 65.0 Å². The maximum atomic E-state index is 15.1. The lowest BCUT2D eigenvalue weighted by Crippen LogP contribution is -2.08. The normalized spacial score (nSPS) is 16.0. The fourth-order valence-corrected chi connectivity index (χ4v) is 3.56. The van der Waals surface area contributed by atoms with Crippen LogP contribution in [0.2, 0.25) is 0 Å². The van der Waals surface area contributed by atoms with Gasteiger partial charge in [-0.2, -0.15) is 0 Å². The summed E-state index contributed by atoms with van der Waals surface area (Å²) >= 11 is 0. The van der Waals surface area contributed by atoms with E-state index in [1.165, 1.54) is 12.8 Å². The molecule has 0 atom stereocenters. The molecule has 0 unspecified atom stereocenters. The first-order chi connectivity index (χ1) is 12.3. The summed E-state index contributed by atoms with van der Waals surface area (Å²) in [5.41, 5.74) is 1.99. The summed E-state index contributed by atoms with van der Waals surface area (Å²) in [5, 5.41) is 11.8. The Balaban J connectivity index is 1.91. The Kier molecular flexibility index (Phi) is 6.04. The molecule has 1 fully saturated rings. The van der Waals surface area contributed by atoms with Gasteiger partial charge in [-0.25, -0.2) is 4.39 Å².